The zero-order valence-electron chi connectivity index (χ0n) is 15.2. The van der Waals surface area contributed by atoms with Crippen molar-refractivity contribution >= 4 is 29.6 Å². The molecule has 0 radical (unpaired) electrons. The number of Topliss-reactive ketones (excluding diaryl/α,β-unsaturated/α-hetero) is 1. The van der Waals surface area contributed by atoms with Crippen molar-refractivity contribution in [3.63, 3.8) is 0 Å². The summed E-state index contributed by atoms with van der Waals surface area (Å²) < 4.78 is 21.7. The van der Waals surface area contributed by atoms with Gasteiger partial charge in [-0.05, 0) is 30.3 Å². The van der Waals surface area contributed by atoms with Crippen molar-refractivity contribution in [2.45, 2.75) is 6.61 Å². The highest BCUT2D eigenvalue weighted by atomic mass is 35.5. The summed E-state index contributed by atoms with van der Waals surface area (Å²) in [4.78, 5) is 25.7. The van der Waals surface area contributed by atoms with Gasteiger partial charge >= 0.3 is 6.09 Å². The number of ketones is 1. The Kier molecular flexibility index (Phi) is 4.70. The zero-order valence-corrected chi connectivity index (χ0v) is 15.9. The third kappa shape index (κ3) is 3.42. The van der Waals surface area contributed by atoms with Gasteiger partial charge in [0, 0.05) is 36.3 Å². The summed E-state index contributed by atoms with van der Waals surface area (Å²) in [6.45, 7) is 0.502. The van der Waals surface area contributed by atoms with Gasteiger partial charge in [-0.3, -0.25) is 4.79 Å². The summed E-state index contributed by atoms with van der Waals surface area (Å²) >= 11 is 6.17. The average Bonchev–Trinajstić information content (AvgIpc) is 2.96. The van der Waals surface area contributed by atoms with Crippen molar-refractivity contribution in [1.29, 1.82) is 0 Å². The molecule has 0 saturated heterocycles. The van der Waals surface area contributed by atoms with Gasteiger partial charge in [0.2, 0.25) is 5.78 Å². The summed E-state index contributed by atoms with van der Waals surface area (Å²) in [7, 11) is 3.16. The van der Waals surface area contributed by atoms with Crippen LogP contribution in [0.1, 0.15) is 21.5 Å². The number of carbonyl (C=O) groups excluding carboxylic acids is 2. The van der Waals surface area contributed by atoms with E-state index in [0.29, 0.717) is 34.3 Å². The van der Waals surface area contributed by atoms with Crippen LogP contribution in [0.25, 0.3) is 6.08 Å². The summed E-state index contributed by atoms with van der Waals surface area (Å²) in [5, 5.41) is 0.501. The molecule has 144 valence electrons. The first-order chi connectivity index (χ1) is 13.4. The molecule has 0 N–H and O–H groups in total. The molecule has 0 unspecified atom stereocenters. The standard InChI is InChI=1S/C20H16ClNO6/c1-22(2)20(24)27-14-3-4-15-16(8-14)28-17(18(15)23)7-11-5-13(21)6-12-9-25-10-26-19(11)12/h3-8H,9-10H2,1-2H3/b17-7-. The van der Waals surface area contributed by atoms with E-state index in [9.17, 15) is 9.59 Å². The number of benzene rings is 2. The van der Waals surface area contributed by atoms with Gasteiger partial charge in [-0.2, -0.15) is 0 Å². The van der Waals surface area contributed by atoms with Crippen LogP contribution in [0, 0.1) is 0 Å². The molecule has 8 heteroatoms. The average molecular weight is 402 g/mol. The van der Waals surface area contributed by atoms with E-state index in [0.717, 1.165) is 5.56 Å². The van der Waals surface area contributed by atoms with Gasteiger partial charge in [-0.15, -0.1) is 0 Å². The Hall–Kier alpha value is -3.03. The lowest BCUT2D eigenvalue weighted by molar-refractivity contribution is -0.0165. The second kappa shape index (κ2) is 7.18. The highest BCUT2D eigenvalue weighted by Crippen LogP contribution is 2.38. The molecule has 0 saturated carbocycles. The van der Waals surface area contributed by atoms with Gasteiger partial charge in [-0.25, -0.2) is 4.79 Å². The Morgan fingerprint density at radius 2 is 2.07 bits per heavy atom. The summed E-state index contributed by atoms with van der Waals surface area (Å²) in [6.07, 6.45) is 1.06. The number of rotatable bonds is 2. The monoisotopic (exact) mass is 401 g/mol. The van der Waals surface area contributed by atoms with Gasteiger partial charge in [0.25, 0.3) is 0 Å². The maximum atomic E-state index is 12.7. The van der Waals surface area contributed by atoms with Gasteiger partial charge in [0.15, 0.2) is 12.6 Å². The summed E-state index contributed by atoms with van der Waals surface area (Å²) in [5.41, 5.74) is 1.81. The number of fused-ring (bicyclic) bond motifs is 2. The molecule has 0 fully saturated rings. The lowest BCUT2D eigenvalue weighted by Gasteiger charge is -2.20. The van der Waals surface area contributed by atoms with Crippen LogP contribution < -0.4 is 14.2 Å². The van der Waals surface area contributed by atoms with Crippen molar-refractivity contribution < 1.29 is 28.5 Å². The van der Waals surface area contributed by atoms with Crippen molar-refractivity contribution in [2.24, 2.45) is 0 Å². The summed E-state index contributed by atoms with van der Waals surface area (Å²) in [5.74, 6) is 1.07. The molecule has 2 aromatic carbocycles. The predicted molar refractivity (Wildman–Crippen MR) is 101 cm³/mol. The SMILES string of the molecule is CN(C)C(=O)Oc1ccc2c(c1)O/C(=C\c1cc(Cl)cc3c1OCOC3)C2=O. The third-order valence-corrected chi connectivity index (χ3v) is 4.42. The minimum atomic E-state index is -0.523. The normalized spacial score (nSPS) is 16.1. The Morgan fingerprint density at radius 1 is 1.25 bits per heavy atom. The zero-order chi connectivity index (χ0) is 19.8. The van der Waals surface area contributed by atoms with Crippen molar-refractivity contribution in [3.8, 4) is 17.2 Å². The number of amides is 1. The van der Waals surface area contributed by atoms with Crippen LogP contribution in [0.15, 0.2) is 36.1 Å². The fourth-order valence-electron chi connectivity index (χ4n) is 2.88. The Labute approximate surface area is 166 Å². The lowest BCUT2D eigenvalue weighted by Crippen LogP contribution is -2.25. The van der Waals surface area contributed by atoms with Crippen LogP contribution in [0.3, 0.4) is 0 Å². The second-order valence-corrected chi connectivity index (χ2v) is 6.89. The number of hydrogen-bond acceptors (Lipinski definition) is 6. The number of ether oxygens (including phenoxy) is 4. The van der Waals surface area contributed by atoms with Crippen LogP contribution in [-0.2, 0) is 11.3 Å². The van der Waals surface area contributed by atoms with E-state index in [1.807, 2.05) is 0 Å². The van der Waals surface area contributed by atoms with Crippen LogP contribution in [0.4, 0.5) is 4.79 Å². The minimum absolute atomic E-state index is 0.125. The number of allylic oxidation sites excluding steroid dienone is 1. The fraction of sp³-hybridized carbons (Fsp3) is 0.200. The molecule has 0 aromatic heterocycles. The first kappa shape index (κ1) is 18.3. The van der Waals surface area contributed by atoms with Gasteiger partial charge in [0.1, 0.15) is 17.2 Å². The molecule has 0 atom stereocenters. The first-order valence-electron chi connectivity index (χ1n) is 8.43. The molecular formula is C20H16ClNO6. The molecule has 1 amide bonds. The quantitative estimate of drug-likeness (QED) is 0.711. The maximum Gasteiger partial charge on any atom is 0.414 e. The van der Waals surface area contributed by atoms with E-state index in [4.69, 9.17) is 30.5 Å². The minimum Gasteiger partial charge on any atom is -0.467 e. The molecule has 2 aliphatic rings. The highest BCUT2D eigenvalue weighted by Gasteiger charge is 2.29. The maximum absolute atomic E-state index is 12.7. The number of carbonyl (C=O) groups is 2. The molecule has 2 heterocycles. The van der Waals surface area contributed by atoms with E-state index in [-0.39, 0.29) is 24.1 Å². The molecule has 2 aliphatic heterocycles. The Bertz CT molecular complexity index is 1010. The van der Waals surface area contributed by atoms with E-state index in [1.54, 1.807) is 44.4 Å². The summed E-state index contributed by atoms with van der Waals surface area (Å²) in [6, 6.07) is 8.08. The van der Waals surface area contributed by atoms with Crippen LogP contribution >= 0.6 is 11.6 Å². The molecule has 2 aromatic rings. The molecule has 28 heavy (non-hydrogen) atoms. The van der Waals surface area contributed by atoms with Gasteiger partial charge in [-0.1, -0.05) is 11.6 Å². The third-order valence-electron chi connectivity index (χ3n) is 4.20. The lowest BCUT2D eigenvalue weighted by atomic mass is 10.1. The predicted octanol–water partition coefficient (Wildman–Crippen LogP) is 3.88. The van der Waals surface area contributed by atoms with E-state index < -0.39 is 6.09 Å². The molecule has 7 nitrogen and oxygen atoms in total. The number of hydrogen-bond donors (Lipinski definition) is 0. The van der Waals surface area contributed by atoms with Crippen LogP contribution in [0.2, 0.25) is 5.02 Å². The Morgan fingerprint density at radius 3 is 2.86 bits per heavy atom. The number of nitrogens with zero attached hydrogens (tertiary/aromatic N) is 1. The largest absolute Gasteiger partial charge is 0.467 e. The van der Waals surface area contributed by atoms with Crippen molar-refractivity contribution in [3.05, 3.63) is 57.8 Å². The van der Waals surface area contributed by atoms with E-state index in [2.05, 4.69) is 0 Å². The highest BCUT2D eigenvalue weighted by molar-refractivity contribution is 6.31. The second-order valence-electron chi connectivity index (χ2n) is 6.45. The van der Waals surface area contributed by atoms with Crippen molar-refractivity contribution in [1.82, 2.24) is 4.90 Å². The van der Waals surface area contributed by atoms with Gasteiger partial charge in [0.05, 0.1) is 12.2 Å². The molecule has 0 spiro atoms. The van der Waals surface area contributed by atoms with E-state index >= 15 is 0 Å². The smallest absolute Gasteiger partial charge is 0.414 e. The molecule has 0 aliphatic carbocycles. The van der Waals surface area contributed by atoms with E-state index in [1.165, 1.54) is 11.0 Å². The molecular weight excluding hydrogens is 386 g/mol. The number of halogens is 1. The topological polar surface area (TPSA) is 74.3 Å². The van der Waals surface area contributed by atoms with Crippen LogP contribution in [-0.4, -0.2) is 37.7 Å². The molecule has 4 rings (SSSR count). The van der Waals surface area contributed by atoms with Crippen molar-refractivity contribution in [2.75, 3.05) is 20.9 Å². The first-order valence-corrected chi connectivity index (χ1v) is 8.80. The van der Waals surface area contributed by atoms with Crippen LogP contribution in [0.5, 0.6) is 17.2 Å². The fourth-order valence-corrected chi connectivity index (χ4v) is 3.13. The molecule has 0 bridgehead atoms. The Balaban J connectivity index is 1.65. The van der Waals surface area contributed by atoms with Gasteiger partial charge < -0.3 is 23.8 Å².